The van der Waals surface area contributed by atoms with E-state index in [9.17, 15) is 4.79 Å². The predicted molar refractivity (Wildman–Crippen MR) is 47.5 cm³/mol. The molecule has 0 bridgehead atoms. The summed E-state index contributed by atoms with van der Waals surface area (Å²) in [5.74, 6) is -0.972. The van der Waals surface area contributed by atoms with Gasteiger partial charge in [0.15, 0.2) is 0 Å². The van der Waals surface area contributed by atoms with Gasteiger partial charge in [0.25, 0.3) is 0 Å². The lowest BCUT2D eigenvalue weighted by Gasteiger charge is -1.98. The van der Waals surface area contributed by atoms with Crippen molar-refractivity contribution in [2.24, 2.45) is 5.92 Å². The van der Waals surface area contributed by atoms with Crippen LogP contribution in [0.1, 0.15) is 17.0 Å². The van der Waals surface area contributed by atoms with Crippen molar-refractivity contribution < 1.29 is 9.90 Å². The number of fused-ring (bicyclic) bond motifs is 1. The van der Waals surface area contributed by atoms with Gasteiger partial charge >= 0.3 is 5.97 Å². The number of carbonyl (C=O) groups is 1. The Bertz CT molecular complexity index is 360. The summed E-state index contributed by atoms with van der Waals surface area (Å²) in [5, 5.41) is 8.83. The quantitative estimate of drug-likeness (QED) is 0.701. The first-order valence-electron chi connectivity index (χ1n) is 4.35. The van der Waals surface area contributed by atoms with E-state index in [4.69, 9.17) is 5.11 Å². The number of aryl methyl sites for hydroxylation is 1. The summed E-state index contributed by atoms with van der Waals surface area (Å²) < 4.78 is 0. The molecule has 3 nitrogen and oxygen atoms in total. The Hall–Kier alpha value is -1.38. The highest BCUT2D eigenvalue weighted by molar-refractivity contribution is 5.72. The molecule has 13 heavy (non-hydrogen) atoms. The zero-order valence-electron chi connectivity index (χ0n) is 7.45. The van der Waals surface area contributed by atoms with Crippen LogP contribution in [0.25, 0.3) is 0 Å². The van der Waals surface area contributed by atoms with Crippen LogP contribution in [0.5, 0.6) is 0 Å². The molecule has 1 aromatic heterocycles. The lowest BCUT2D eigenvalue weighted by molar-refractivity contribution is -0.141. The number of aromatic nitrogens is 1. The minimum absolute atomic E-state index is 0.260. The molecule has 1 aliphatic rings. The average molecular weight is 177 g/mol. The number of nitrogens with zero attached hydrogens (tertiary/aromatic N) is 1. The van der Waals surface area contributed by atoms with Crippen molar-refractivity contribution in [2.45, 2.75) is 19.8 Å². The monoisotopic (exact) mass is 177 g/mol. The fourth-order valence-corrected chi connectivity index (χ4v) is 1.75. The van der Waals surface area contributed by atoms with E-state index in [1.807, 2.05) is 19.1 Å². The highest BCUT2D eigenvalue weighted by atomic mass is 16.4. The number of carboxylic acids is 1. The smallest absolute Gasteiger partial charge is 0.307 e. The first-order chi connectivity index (χ1) is 6.16. The van der Waals surface area contributed by atoms with Crippen molar-refractivity contribution in [1.82, 2.24) is 4.98 Å². The summed E-state index contributed by atoms with van der Waals surface area (Å²) >= 11 is 0. The van der Waals surface area contributed by atoms with Crippen LogP contribution >= 0.6 is 0 Å². The minimum Gasteiger partial charge on any atom is -0.481 e. The molecule has 0 saturated carbocycles. The summed E-state index contributed by atoms with van der Waals surface area (Å²) in [6.45, 7) is 1.92. The van der Waals surface area contributed by atoms with Gasteiger partial charge < -0.3 is 5.11 Å². The fourth-order valence-electron chi connectivity index (χ4n) is 1.75. The zero-order valence-corrected chi connectivity index (χ0v) is 7.45. The van der Waals surface area contributed by atoms with Crippen LogP contribution in [0.4, 0.5) is 0 Å². The van der Waals surface area contributed by atoms with Gasteiger partial charge in [-0.2, -0.15) is 0 Å². The number of rotatable bonds is 1. The third kappa shape index (κ3) is 1.41. The molecule has 1 aliphatic carbocycles. The Balaban J connectivity index is 2.30. The van der Waals surface area contributed by atoms with Gasteiger partial charge in [0.05, 0.1) is 5.92 Å². The van der Waals surface area contributed by atoms with Gasteiger partial charge in [-0.3, -0.25) is 9.78 Å². The van der Waals surface area contributed by atoms with E-state index in [-0.39, 0.29) is 5.92 Å². The van der Waals surface area contributed by atoms with E-state index >= 15 is 0 Å². The van der Waals surface area contributed by atoms with Crippen LogP contribution < -0.4 is 0 Å². The normalized spacial score (nSPS) is 19.9. The molecule has 0 radical (unpaired) electrons. The van der Waals surface area contributed by atoms with Crippen molar-refractivity contribution >= 4 is 5.97 Å². The van der Waals surface area contributed by atoms with Crippen LogP contribution in [0.15, 0.2) is 12.1 Å². The second-order valence-electron chi connectivity index (χ2n) is 3.50. The summed E-state index contributed by atoms with van der Waals surface area (Å²) in [5.41, 5.74) is 3.02. The van der Waals surface area contributed by atoms with E-state index in [2.05, 4.69) is 4.98 Å². The summed E-state index contributed by atoms with van der Waals surface area (Å²) in [6, 6.07) is 3.92. The minimum atomic E-state index is -0.712. The Morgan fingerprint density at radius 1 is 1.54 bits per heavy atom. The topological polar surface area (TPSA) is 50.2 Å². The van der Waals surface area contributed by atoms with Crippen molar-refractivity contribution in [3.05, 3.63) is 29.1 Å². The standard InChI is InChI=1S/C10H11NO2/c1-6-2-3-7-4-8(10(12)13)5-9(7)11-6/h2-3,8H,4-5H2,1H3,(H,12,13)/t8-/m1/s1. The molecular weight excluding hydrogens is 166 g/mol. The molecule has 1 aromatic rings. The largest absolute Gasteiger partial charge is 0.481 e. The molecule has 0 fully saturated rings. The molecular formula is C10H11NO2. The molecule has 0 saturated heterocycles. The third-order valence-corrected chi connectivity index (χ3v) is 2.46. The Morgan fingerprint density at radius 3 is 3.00 bits per heavy atom. The molecule has 0 spiro atoms. The van der Waals surface area contributed by atoms with Gasteiger partial charge in [-0.05, 0) is 25.0 Å². The molecule has 0 unspecified atom stereocenters. The average Bonchev–Trinajstić information content (AvgIpc) is 2.46. The van der Waals surface area contributed by atoms with Gasteiger partial charge in [0.1, 0.15) is 0 Å². The lowest BCUT2D eigenvalue weighted by Crippen LogP contribution is -2.13. The van der Waals surface area contributed by atoms with Crippen molar-refractivity contribution in [2.75, 3.05) is 0 Å². The maximum Gasteiger partial charge on any atom is 0.307 e. The lowest BCUT2D eigenvalue weighted by atomic mass is 10.1. The summed E-state index contributed by atoms with van der Waals surface area (Å²) in [6.07, 6.45) is 1.23. The van der Waals surface area contributed by atoms with Gasteiger partial charge in [-0.1, -0.05) is 6.07 Å². The van der Waals surface area contributed by atoms with Crippen molar-refractivity contribution in [1.29, 1.82) is 0 Å². The first-order valence-corrected chi connectivity index (χ1v) is 4.35. The maximum absolute atomic E-state index is 10.7. The third-order valence-electron chi connectivity index (χ3n) is 2.46. The Labute approximate surface area is 76.4 Å². The zero-order chi connectivity index (χ0) is 9.42. The molecule has 3 heteroatoms. The Kier molecular flexibility index (Phi) is 1.79. The molecule has 0 aromatic carbocycles. The van der Waals surface area contributed by atoms with Crippen LogP contribution in [-0.2, 0) is 17.6 Å². The molecule has 1 heterocycles. The highest BCUT2D eigenvalue weighted by Crippen LogP contribution is 2.25. The van der Waals surface area contributed by atoms with Crippen LogP contribution in [-0.4, -0.2) is 16.1 Å². The summed E-state index contributed by atoms with van der Waals surface area (Å²) in [4.78, 5) is 15.1. The van der Waals surface area contributed by atoms with E-state index in [0.29, 0.717) is 12.8 Å². The Morgan fingerprint density at radius 2 is 2.31 bits per heavy atom. The second kappa shape index (κ2) is 2.83. The van der Waals surface area contributed by atoms with Gasteiger partial charge in [0.2, 0.25) is 0 Å². The van der Waals surface area contributed by atoms with Crippen LogP contribution in [0.3, 0.4) is 0 Å². The number of hydrogen-bond acceptors (Lipinski definition) is 2. The van der Waals surface area contributed by atoms with E-state index in [1.54, 1.807) is 0 Å². The highest BCUT2D eigenvalue weighted by Gasteiger charge is 2.27. The molecule has 68 valence electrons. The molecule has 2 rings (SSSR count). The van der Waals surface area contributed by atoms with Crippen molar-refractivity contribution in [3.8, 4) is 0 Å². The second-order valence-corrected chi connectivity index (χ2v) is 3.50. The number of pyridine rings is 1. The van der Waals surface area contributed by atoms with Gasteiger partial charge in [-0.15, -0.1) is 0 Å². The molecule has 0 aliphatic heterocycles. The molecule has 1 atom stereocenters. The van der Waals surface area contributed by atoms with E-state index < -0.39 is 5.97 Å². The number of carboxylic acid groups (broad SMARTS) is 1. The van der Waals surface area contributed by atoms with E-state index in [0.717, 1.165) is 17.0 Å². The summed E-state index contributed by atoms with van der Waals surface area (Å²) in [7, 11) is 0. The number of hydrogen-bond donors (Lipinski definition) is 1. The maximum atomic E-state index is 10.7. The first kappa shape index (κ1) is 8.23. The predicted octanol–water partition coefficient (Wildman–Crippen LogP) is 1.19. The van der Waals surface area contributed by atoms with Gasteiger partial charge in [0, 0.05) is 17.8 Å². The van der Waals surface area contributed by atoms with Crippen molar-refractivity contribution in [3.63, 3.8) is 0 Å². The van der Waals surface area contributed by atoms with Crippen LogP contribution in [0.2, 0.25) is 0 Å². The SMILES string of the molecule is Cc1ccc2c(n1)C[C@H](C(=O)O)C2. The molecule has 0 amide bonds. The van der Waals surface area contributed by atoms with Gasteiger partial charge in [-0.25, -0.2) is 0 Å². The fraction of sp³-hybridized carbons (Fsp3) is 0.400. The molecule has 1 N–H and O–H groups in total. The van der Waals surface area contributed by atoms with E-state index in [1.165, 1.54) is 0 Å². The van der Waals surface area contributed by atoms with Crippen LogP contribution in [0, 0.1) is 12.8 Å². The number of aliphatic carboxylic acids is 1.